The van der Waals surface area contributed by atoms with Crippen molar-refractivity contribution >= 4 is 23.0 Å². The Hall–Kier alpha value is -1.23. The van der Waals surface area contributed by atoms with E-state index in [4.69, 9.17) is 18.0 Å². The first-order chi connectivity index (χ1) is 8.00. The van der Waals surface area contributed by atoms with Crippen LogP contribution in [-0.4, -0.2) is 21.2 Å². The van der Waals surface area contributed by atoms with E-state index >= 15 is 0 Å². The molecule has 2 rings (SSSR count). The molecule has 0 amide bonds. The smallest absolute Gasteiger partial charge is 0.159 e. The molecule has 1 aromatic rings. The molecular formula is C12H18N4S. The van der Waals surface area contributed by atoms with E-state index in [1.165, 1.54) is 12.8 Å². The molecule has 1 aliphatic rings. The number of nitrogens with zero attached hydrogens (tertiary/aromatic N) is 2. The molecule has 1 aliphatic carbocycles. The van der Waals surface area contributed by atoms with Crippen molar-refractivity contribution in [3.63, 3.8) is 0 Å². The number of anilines is 1. The van der Waals surface area contributed by atoms with E-state index in [0.717, 1.165) is 28.6 Å². The van der Waals surface area contributed by atoms with Crippen LogP contribution in [0.5, 0.6) is 0 Å². The summed E-state index contributed by atoms with van der Waals surface area (Å²) in [7, 11) is 0. The molecule has 0 bridgehead atoms. The van der Waals surface area contributed by atoms with Crippen molar-refractivity contribution in [2.45, 2.75) is 39.7 Å². The van der Waals surface area contributed by atoms with Gasteiger partial charge in [0.25, 0.3) is 0 Å². The van der Waals surface area contributed by atoms with Gasteiger partial charge in [0.15, 0.2) is 5.82 Å². The van der Waals surface area contributed by atoms with Crippen molar-refractivity contribution in [2.75, 3.05) is 5.32 Å². The number of thiocarbonyl (C=S) groups is 1. The van der Waals surface area contributed by atoms with Gasteiger partial charge in [-0.25, -0.2) is 0 Å². The van der Waals surface area contributed by atoms with Crippen molar-refractivity contribution in [1.82, 2.24) is 10.2 Å². The Morgan fingerprint density at radius 3 is 2.59 bits per heavy atom. The molecule has 1 aromatic heterocycles. The molecule has 0 saturated heterocycles. The highest BCUT2D eigenvalue weighted by Crippen LogP contribution is 2.34. The Labute approximate surface area is 107 Å². The van der Waals surface area contributed by atoms with Gasteiger partial charge in [0, 0.05) is 6.04 Å². The molecule has 0 aliphatic heterocycles. The van der Waals surface area contributed by atoms with E-state index in [-0.39, 0.29) is 0 Å². The van der Waals surface area contributed by atoms with Gasteiger partial charge >= 0.3 is 0 Å². The third kappa shape index (κ3) is 2.54. The summed E-state index contributed by atoms with van der Waals surface area (Å²) < 4.78 is 0. The molecule has 0 aromatic carbocycles. The Morgan fingerprint density at radius 2 is 2.06 bits per heavy atom. The molecule has 17 heavy (non-hydrogen) atoms. The van der Waals surface area contributed by atoms with Crippen LogP contribution >= 0.6 is 12.2 Å². The summed E-state index contributed by atoms with van der Waals surface area (Å²) in [5.41, 5.74) is 8.49. The lowest BCUT2D eigenvalue weighted by Gasteiger charge is -2.17. The van der Waals surface area contributed by atoms with Gasteiger partial charge < -0.3 is 11.1 Å². The largest absolute Gasteiger partial charge is 0.389 e. The first-order valence-corrected chi connectivity index (χ1v) is 6.31. The maximum Gasteiger partial charge on any atom is 0.159 e. The highest BCUT2D eigenvalue weighted by molar-refractivity contribution is 7.80. The molecule has 0 radical (unpaired) electrons. The lowest BCUT2D eigenvalue weighted by atomic mass is 10.1. The van der Waals surface area contributed by atoms with E-state index in [2.05, 4.69) is 22.4 Å². The van der Waals surface area contributed by atoms with Crippen LogP contribution in [0.15, 0.2) is 0 Å². The molecule has 1 heterocycles. The molecule has 5 heteroatoms. The molecule has 1 unspecified atom stereocenters. The number of aromatic nitrogens is 2. The van der Waals surface area contributed by atoms with Crippen LogP contribution in [0.4, 0.5) is 5.82 Å². The zero-order valence-corrected chi connectivity index (χ0v) is 11.3. The molecule has 4 nitrogen and oxygen atoms in total. The minimum absolute atomic E-state index is 0.381. The lowest BCUT2D eigenvalue weighted by Crippen LogP contribution is -2.23. The van der Waals surface area contributed by atoms with Crippen molar-refractivity contribution in [3.05, 3.63) is 16.8 Å². The fraction of sp³-hybridized carbons (Fsp3) is 0.583. The normalized spacial score (nSPS) is 16.6. The average molecular weight is 250 g/mol. The van der Waals surface area contributed by atoms with Crippen LogP contribution in [0.3, 0.4) is 0 Å². The zero-order chi connectivity index (χ0) is 12.6. The number of hydrogen-bond donors (Lipinski definition) is 2. The van der Waals surface area contributed by atoms with Gasteiger partial charge in [0.1, 0.15) is 4.99 Å². The standard InChI is InChI=1S/C12H18N4S/c1-6-7(2)15-16-12(10(6)11(13)17)14-8(3)9-4-5-9/h8-9H,4-5H2,1-3H3,(H2,13,17)(H,14,16). The first kappa shape index (κ1) is 12.2. The molecular weight excluding hydrogens is 232 g/mol. The summed E-state index contributed by atoms with van der Waals surface area (Å²) in [5, 5.41) is 11.7. The van der Waals surface area contributed by atoms with Gasteiger partial charge in [-0.3, -0.25) is 0 Å². The summed E-state index contributed by atoms with van der Waals surface area (Å²) >= 11 is 5.10. The van der Waals surface area contributed by atoms with Gasteiger partial charge in [-0.2, -0.15) is 5.10 Å². The Kier molecular flexibility index (Phi) is 3.28. The summed E-state index contributed by atoms with van der Waals surface area (Å²) in [5.74, 6) is 1.47. The van der Waals surface area contributed by atoms with Crippen LogP contribution in [0.25, 0.3) is 0 Å². The van der Waals surface area contributed by atoms with Crippen LogP contribution < -0.4 is 11.1 Å². The first-order valence-electron chi connectivity index (χ1n) is 5.91. The fourth-order valence-electron chi connectivity index (χ4n) is 1.94. The van der Waals surface area contributed by atoms with E-state index in [1.807, 2.05) is 13.8 Å². The monoisotopic (exact) mass is 250 g/mol. The van der Waals surface area contributed by atoms with Gasteiger partial charge in [-0.05, 0) is 45.1 Å². The molecule has 92 valence electrons. The van der Waals surface area contributed by atoms with Gasteiger partial charge in [-0.1, -0.05) is 12.2 Å². The van der Waals surface area contributed by atoms with Crippen LogP contribution in [0.2, 0.25) is 0 Å². The van der Waals surface area contributed by atoms with Crippen LogP contribution in [-0.2, 0) is 0 Å². The topological polar surface area (TPSA) is 63.8 Å². The number of rotatable bonds is 4. The Balaban J connectivity index is 2.31. The summed E-state index contributed by atoms with van der Waals surface area (Å²) in [4.78, 5) is 0.381. The van der Waals surface area contributed by atoms with Gasteiger partial charge in [-0.15, -0.1) is 5.10 Å². The second-order valence-electron chi connectivity index (χ2n) is 4.77. The van der Waals surface area contributed by atoms with Gasteiger partial charge in [0.05, 0.1) is 11.3 Å². The quantitative estimate of drug-likeness (QED) is 0.800. The summed E-state index contributed by atoms with van der Waals surface area (Å²) in [6.07, 6.45) is 2.57. The molecule has 1 atom stereocenters. The van der Waals surface area contributed by atoms with Gasteiger partial charge in [0.2, 0.25) is 0 Å². The number of hydrogen-bond acceptors (Lipinski definition) is 4. The molecule has 1 saturated carbocycles. The number of nitrogens with two attached hydrogens (primary N) is 1. The van der Waals surface area contributed by atoms with Crippen LogP contribution in [0.1, 0.15) is 36.6 Å². The molecule has 3 N–H and O–H groups in total. The SMILES string of the molecule is Cc1nnc(NC(C)C2CC2)c(C(N)=S)c1C. The highest BCUT2D eigenvalue weighted by atomic mass is 32.1. The number of nitrogens with one attached hydrogen (secondary N) is 1. The maximum absolute atomic E-state index is 5.78. The average Bonchev–Trinajstić information content (AvgIpc) is 3.06. The van der Waals surface area contributed by atoms with Crippen molar-refractivity contribution in [3.8, 4) is 0 Å². The zero-order valence-electron chi connectivity index (χ0n) is 10.4. The van der Waals surface area contributed by atoms with Crippen molar-refractivity contribution < 1.29 is 0 Å². The number of aryl methyl sites for hydroxylation is 1. The Bertz CT molecular complexity index is 454. The second kappa shape index (κ2) is 4.56. The third-order valence-corrected chi connectivity index (χ3v) is 3.60. The van der Waals surface area contributed by atoms with E-state index < -0.39 is 0 Å². The van der Waals surface area contributed by atoms with Crippen LogP contribution in [0, 0.1) is 19.8 Å². The van der Waals surface area contributed by atoms with Crippen molar-refractivity contribution in [1.29, 1.82) is 0 Å². The van der Waals surface area contributed by atoms with E-state index in [9.17, 15) is 0 Å². The van der Waals surface area contributed by atoms with E-state index in [1.54, 1.807) is 0 Å². The minimum atomic E-state index is 0.381. The Morgan fingerprint density at radius 1 is 1.41 bits per heavy atom. The molecule has 0 spiro atoms. The minimum Gasteiger partial charge on any atom is -0.389 e. The predicted molar refractivity (Wildman–Crippen MR) is 73.2 cm³/mol. The molecule has 1 fully saturated rings. The highest BCUT2D eigenvalue weighted by Gasteiger charge is 2.29. The predicted octanol–water partition coefficient (Wildman–Crippen LogP) is 1.94. The summed E-state index contributed by atoms with van der Waals surface area (Å²) in [6.45, 7) is 6.06. The van der Waals surface area contributed by atoms with Crippen molar-refractivity contribution in [2.24, 2.45) is 11.7 Å². The summed E-state index contributed by atoms with van der Waals surface area (Å²) in [6, 6.07) is 0.402. The van der Waals surface area contributed by atoms with E-state index in [0.29, 0.717) is 11.0 Å². The lowest BCUT2D eigenvalue weighted by molar-refractivity contribution is 0.687. The third-order valence-electron chi connectivity index (χ3n) is 3.39. The fourth-order valence-corrected chi connectivity index (χ4v) is 2.19. The second-order valence-corrected chi connectivity index (χ2v) is 5.21. The maximum atomic E-state index is 5.78.